The van der Waals surface area contributed by atoms with Crippen molar-refractivity contribution in [1.82, 2.24) is 0 Å². The fourth-order valence-corrected chi connectivity index (χ4v) is 2.82. The second-order valence-electron chi connectivity index (χ2n) is 3.35. The van der Waals surface area contributed by atoms with Crippen molar-refractivity contribution < 1.29 is 4.74 Å². The number of rotatable bonds is 2. The van der Waals surface area contributed by atoms with E-state index in [1.807, 2.05) is 11.4 Å². The SMILES string of the molecule is N#CCC1CCC(c2cc(Cl)cs2)O1. The lowest BCUT2D eigenvalue weighted by Gasteiger charge is -2.09. The van der Waals surface area contributed by atoms with E-state index in [0.29, 0.717) is 6.42 Å². The maximum atomic E-state index is 8.54. The van der Waals surface area contributed by atoms with E-state index in [1.165, 1.54) is 4.88 Å². The maximum absolute atomic E-state index is 8.54. The minimum Gasteiger partial charge on any atom is -0.368 e. The van der Waals surface area contributed by atoms with Crippen LogP contribution >= 0.6 is 22.9 Å². The summed E-state index contributed by atoms with van der Waals surface area (Å²) in [5.41, 5.74) is 0. The standard InChI is InChI=1S/C10H10ClNOS/c11-7-5-10(14-6-7)9-2-1-8(13-9)3-4-12/h5-6,8-9H,1-3H2. The fraction of sp³-hybridized carbons (Fsp3) is 0.500. The molecule has 0 N–H and O–H groups in total. The van der Waals surface area contributed by atoms with Gasteiger partial charge in [0.05, 0.1) is 29.7 Å². The summed E-state index contributed by atoms with van der Waals surface area (Å²) in [4.78, 5) is 1.18. The molecule has 1 saturated heterocycles. The first kappa shape index (κ1) is 9.97. The molecule has 0 aliphatic carbocycles. The van der Waals surface area contributed by atoms with Gasteiger partial charge in [0.15, 0.2) is 0 Å². The average Bonchev–Trinajstić information content (AvgIpc) is 2.74. The third-order valence-corrected chi connectivity index (χ3v) is 3.70. The molecule has 1 aromatic heterocycles. The Bertz CT molecular complexity index is 357. The molecule has 2 unspecified atom stereocenters. The Kier molecular flexibility index (Phi) is 3.07. The molecule has 0 radical (unpaired) electrons. The predicted molar refractivity (Wildman–Crippen MR) is 56.4 cm³/mol. The van der Waals surface area contributed by atoms with Crippen molar-refractivity contribution in [3.05, 3.63) is 21.3 Å². The molecule has 4 heteroatoms. The molecule has 0 amide bonds. The Hall–Kier alpha value is -0.560. The lowest BCUT2D eigenvalue weighted by Crippen LogP contribution is -2.04. The molecule has 2 atom stereocenters. The van der Waals surface area contributed by atoms with Crippen LogP contribution in [0.4, 0.5) is 0 Å². The number of nitrogens with zero attached hydrogens (tertiary/aromatic N) is 1. The summed E-state index contributed by atoms with van der Waals surface area (Å²) < 4.78 is 5.73. The first-order chi connectivity index (χ1) is 6.79. The van der Waals surface area contributed by atoms with Gasteiger partial charge in [-0.15, -0.1) is 11.3 Å². The second-order valence-corrected chi connectivity index (χ2v) is 4.73. The zero-order chi connectivity index (χ0) is 9.97. The Balaban J connectivity index is 1.99. The monoisotopic (exact) mass is 227 g/mol. The number of nitriles is 1. The summed E-state index contributed by atoms with van der Waals surface area (Å²) >= 11 is 7.47. The third kappa shape index (κ3) is 2.09. The first-order valence-corrected chi connectivity index (χ1v) is 5.81. The quantitative estimate of drug-likeness (QED) is 0.774. The van der Waals surface area contributed by atoms with Gasteiger partial charge in [-0.05, 0) is 18.9 Å². The Morgan fingerprint density at radius 2 is 2.50 bits per heavy atom. The van der Waals surface area contributed by atoms with Crippen LogP contribution in [-0.4, -0.2) is 6.10 Å². The van der Waals surface area contributed by atoms with Crippen molar-refractivity contribution in [1.29, 1.82) is 5.26 Å². The summed E-state index contributed by atoms with van der Waals surface area (Å²) in [5, 5.41) is 11.2. The van der Waals surface area contributed by atoms with Crippen molar-refractivity contribution in [2.24, 2.45) is 0 Å². The number of halogens is 1. The van der Waals surface area contributed by atoms with Crippen LogP contribution < -0.4 is 0 Å². The van der Waals surface area contributed by atoms with Gasteiger partial charge in [-0.25, -0.2) is 0 Å². The van der Waals surface area contributed by atoms with Crippen LogP contribution in [0.1, 0.15) is 30.2 Å². The molecule has 74 valence electrons. The number of thiophene rings is 1. The molecule has 2 nitrogen and oxygen atoms in total. The van der Waals surface area contributed by atoms with Crippen LogP contribution in [0.15, 0.2) is 11.4 Å². The molecule has 0 saturated carbocycles. The molecule has 1 aliphatic rings. The summed E-state index contributed by atoms with van der Waals surface area (Å²) in [7, 11) is 0. The van der Waals surface area contributed by atoms with Gasteiger partial charge in [0.2, 0.25) is 0 Å². The van der Waals surface area contributed by atoms with Gasteiger partial charge in [0, 0.05) is 10.3 Å². The van der Waals surface area contributed by atoms with Crippen LogP contribution in [0.3, 0.4) is 0 Å². The van der Waals surface area contributed by atoms with Gasteiger partial charge in [0.25, 0.3) is 0 Å². The Labute approximate surface area is 92.1 Å². The lowest BCUT2D eigenvalue weighted by atomic mass is 10.1. The molecule has 0 bridgehead atoms. The molecule has 0 spiro atoms. The number of hydrogen-bond donors (Lipinski definition) is 0. The molecule has 1 aromatic rings. The van der Waals surface area contributed by atoms with E-state index in [9.17, 15) is 0 Å². The topological polar surface area (TPSA) is 33.0 Å². The van der Waals surface area contributed by atoms with E-state index in [0.717, 1.165) is 17.9 Å². The molecule has 1 aliphatic heterocycles. The van der Waals surface area contributed by atoms with Crippen LogP contribution in [0.2, 0.25) is 5.02 Å². The van der Waals surface area contributed by atoms with Gasteiger partial charge in [-0.3, -0.25) is 0 Å². The van der Waals surface area contributed by atoms with Crippen molar-refractivity contribution >= 4 is 22.9 Å². The minimum absolute atomic E-state index is 0.117. The molecular weight excluding hydrogens is 218 g/mol. The smallest absolute Gasteiger partial charge is 0.0922 e. The Morgan fingerprint density at radius 3 is 3.14 bits per heavy atom. The normalized spacial score (nSPS) is 26.3. The van der Waals surface area contributed by atoms with E-state index in [4.69, 9.17) is 21.6 Å². The summed E-state index contributed by atoms with van der Waals surface area (Å²) in [6.45, 7) is 0. The van der Waals surface area contributed by atoms with Gasteiger partial charge >= 0.3 is 0 Å². The molecular formula is C10H10ClNOS. The van der Waals surface area contributed by atoms with Crippen molar-refractivity contribution in [3.63, 3.8) is 0 Å². The maximum Gasteiger partial charge on any atom is 0.0922 e. The van der Waals surface area contributed by atoms with E-state index in [2.05, 4.69) is 6.07 Å². The predicted octanol–water partition coefficient (Wildman–Crippen LogP) is 3.54. The van der Waals surface area contributed by atoms with Crippen LogP contribution in [-0.2, 0) is 4.74 Å². The molecule has 2 heterocycles. The second kappa shape index (κ2) is 4.31. The molecule has 2 rings (SSSR count). The number of hydrogen-bond acceptors (Lipinski definition) is 3. The third-order valence-electron chi connectivity index (χ3n) is 2.33. The van der Waals surface area contributed by atoms with Crippen LogP contribution in [0, 0.1) is 11.3 Å². The summed E-state index contributed by atoms with van der Waals surface area (Å²) in [5.74, 6) is 0. The molecule has 14 heavy (non-hydrogen) atoms. The molecule has 0 aromatic carbocycles. The van der Waals surface area contributed by atoms with Crippen LogP contribution in [0.25, 0.3) is 0 Å². The Morgan fingerprint density at radius 1 is 1.64 bits per heavy atom. The highest BCUT2D eigenvalue weighted by atomic mass is 35.5. The lowest BCUT2D eigenvalue weighted by molar-refractivity contribution is 0.0496. The van der Waals surface area contributed by atoms with Crippen LogP contribution in [0.5, 0.6) is 0 Å². The van der Waals surface area contributed by atoms with E-state index in [-0.39, 0.29) is 12.2 Å². The minimum atomic E-state index is 0.117. The van der Waals surface area contributed by atoms with Gasteiger partial charge in [-0.1, -0.05) is 11.6 Å². The zero-order valence-electron chi connectivity index (χ0n) is 7.57. The van der Waals surface area contributed by atoms with Gasteiger partial charge in [-0.2, -0.15) is 5.26 Å². The average molecular weight is 228 g/mol. The van der Waals surface area contributed by atoms with Gasteiger partial charge in [0.1, 0.15) is 0 Å². The van der Waals surface area contributed by atoms with E-state index < -0.39 is 0 Å². The van der Waals surface area contributed by atoms with Crippen molar-refractivity contribution in [2.75, 3.05) is 0 Å². The van der Waals surface area contributed by atoms with E-state index in [1.54, 1.807) is 11.3 Å². The van der Waals surface area contributed by atoms with Crippen molar-refractivity contribution in [3.8, 4) is 6.07 Å². The first-order valence-electron chi connectivity index (χ1n) is 4.56. The van der Waals surface area contributed by atoms with E-state index >= 15 is 0 Å². The fourth-order valence-electron chi connectivity index (χ4n) is 1.66. The molecule has 1 fully saturated rings. The summed E-state index contributed by atoms with van der Waals surface area (Å²) in [6, 6.07) is 4.09. The highest BCUT2D eigenvalue weighted by molar-refractivity contribution is 7.10. The zero-order valence-corrected chi connectivity index (χ0v) is 9.14. The largest absolute Gasteiger partial charge is 0.368 e. The highest BCUT2D eigenvalue weighted by Crippen LogP contribution is 2.37. The highest BCUT2D eigenvalue weighted by Gasteiger charge is 2.27. The van der Waals surface area contributed by atoms with Gasteiger partial charge < -0.3 is 4.74 Å². The number of ether oxygens (including phenoxy) is 1. The summed E-state index contributed by atoms with van der Waals surface area (Å²) in [6.07, 6.45) is 2.75. The van der Waals surface area contributed by atoms with Crippen molar-refractivity contribution in [2.45, 2.75) is 31.5 Å².